The number of pyridine rings is 1. The van der Waals surface area contributed by atoms with Gasteiger partial charge in [0.2, 0.25) is 5.88 Å². The monoisotopic (exact) mass is 297 g/mol. The first-order chi connectivity index (χ1) is 9.12. The Kier molecular flexibility index (Phi) is 4.64. The summed E-state index contributed by atoms with van der Waals surface area (Å²) in [4.78, 5) is 4.34. The first-order valence-electron chi connectivity index (χ1n) is 5.86. The van der Waals surface area contributed by atoms with Gasteiger partial charge >= 0.3 is 0 Å². The lowest BCUT2D eigenvalue weighted by Gasteiger charge is -2.09. The molecule has 19 heavy (non-hydrogen) atoms. The van der Waals surface area contributed by atoms with E-state index in [1.807, 2.05) is 13.0 Å². The maximum Gasteiger partial charge on any atom is 0.219 e. The van der Waals surface area contributed by atoms with Gasteiger partial charge in [-0.3, -0.25) is 0 Å². The number of halogens is 2. The number of hydrogen-bond acceptors (Lipinski definition) is 3. The number of benzene rings is 1. The first kappa shape index (κ1) is 14.1. The van der Waals surface area contributed by atoms with Gasteiger partial charge in [0.25, 0.3) is 0 Å². The van der Waals surface area contributed by atoms with Crippen LogP contribution in [0.3, 0.4) is 0 Å². The fourth-order valence-corrected chi connectivity index (χ4v) is 1.89. The fraction of sp³-hybridized carbons (Fsp3) is 0.214. The second-order valence-corrected chi connectivity index (χ2v) is 4.81. The average molecular weight is 298 g/mol. The third kappa shape index (κ3) is 3.60. The Morgan fingerprint density at radius 2 is 1.95 bits per heavy atom. The van der Waals surface area contributed by atoms with Crippen molar-refractivity contribution in [2.75, 3.05) is 0 Å². The van der Waals surface area contributed by atoms with Crippen LogP contribution in [0.25, 0.3) is 0 Å². The van der Waals surface area contributed by atoms with Gasteiger partial charge in [-0.2, -0.15) is 0 Å². The van der Waals surface area contributed by atoms with E-state index >= 15 is 0 Å². The summed E-state index contributed by atoms with van der Waals surface area (Å²) in [6, 6.07) is 8.55. The second-order valence-electron chi connectivity index (χ2n) is 3.99. The number of aliphatic hydroxyl groups excluding tert-OH is 1. The van der Waals surface area contributed by atoms with E-state index in [0.717, 1.165) is 17.7 Å². The van der Waals surface area contributed by atoms with E-state index in [1.54, 1.807) is 24.3 Å². The highest BCUT2D eigenvalue weighted by molar-refractivity contribution is 6.42. The normalized spacial score (nSPS) is 10.5. The molecule has 1 aromatic heterocycles. The minimum atomic E-state index is -0.0484. The number of aromatic nitrogens is 1. The third-order valence-corrected chi connectivity index (χ3v) is 3.31. The molecular weight excluding hydrogens is 285 g/mol. The van der Waals surface area contributed by atoms with Crippen molar-refractivity contribution >= 4 is 23.2 Å². The standard InChI is InChI=1S/C14H13Cl2NO2/c1-2-10-5-9(8-18)6-14(17-10)19-11-3-4-12(15)13(16)7-11/h3-7,18H,2,8H2,1H3. The zero-order valence-corrected chi connectivity index (χ0v) is 11.9. The molecule has 0 saturated carbocycles. The van der Waals surface area contributed by atoms with Crippen LogP contribution >= 0.6 is 23.2 Å². The van der Waals surface area contributed by atoms with E-state index in [1.165, 1.54) is 0 Å². The highest BCUT2D eigenvalue weighted by atomic mass is 35.5. The smallest absolute Gasteiger partial charge is 0.219 e. The molecule has 0 aliphatic rings. The van der Waals surface area contributed by atoms with Crippen molar-refractivity contribution in [1.29, 1.82) is 0 Å². The van der Waals surface area contributed by atoms with Gasteiger partial charge in [0.15, 0.2) is 0 Å². The minimum Gasteiger partial charge on any atom is -0.439 e. The van der Waals surface area contributed by atoms with Crippen LogP contribution in [0.15, 0.2) is 30.3 Å². The number of rotatable bonds is 4. The number of hydrogen-bond donors (Lipinski definition) is 1. The van der Waals surface area contributed by atoms with Gasteiger partial charge in [-0.15, -0.1) is 0 Å². The predicted molar refractivity (Wildman–Crippen MR) is 76.1 cm³/mol. The molecule has 1 heterocycles. The fourth-order valence-electron chi connectivity index (χ4n) is 1.61. The molecule has 0 aliphatic carbocycles. The SMILES string of the molecule is CCc1cc(CO)cc(Oc2ccc(Cl)c(Cl)c2)n1. The van der Waals surface area contributed by atoms with Crippen LogP contribution in [0, 0.1) is 0 Å². The summed E-state index contributed by atoms with van der Waals surface area (Å²) in [7, 11) is 0. The van der Waals surface area contributed by atoms with Crippen molar-refractivity contribution in [2.45, 2.75) is 20.0 Å². The highest BCUT2D eigenvalue weighted by Crippen LogP contribution is 2.29. The van der Waals surface area contributed by atoms with Crippen LogP contribution < -0.4 is 4.74 Å². The summed E-state index contributed by atoms with van der Waals surface area (Å²) in [5.41, 5.74) is 1.63. The Labute approximate surface area is 121 Å². The predicted octanol–water partition coefficient (Wildman–Crippen LogP) is 4.24. The Morgan fingerprint density at radius 3 is 2.58 bits per heavy atom. The van der Waals surface area contributed by atoms with E-state index in [4.69, 9.17) is 27.9 Å². The average Bonchev–Trinajstić information content (AvgIpc) is 2.42. The molecule has 0 aliphatic heterocycles. The van der Waals surface area contributed by atoms with E-state index in [-0.39, 0.29) is 6.61 Å². The van der Waals surface area contributed by atoms with Crippen molar-refractivity contribution < 1.29 is 9.84 Å². The van der Waals surface area contributed by atoms with Gasteiger partial charge in [0, 0.05) is 17.8 Å². The number of aryl methyl sites for hydroxylation is 1. The van der Waals surface area contributed by atoms with Gasteiger partial charge in [-0.05, 0) is 30.2 Å². The molecule has 0 spiro atoms. The summed E-state index contributed by atoms with van der Waals surface area (Å²) in [5, 5.41) is 10.1. The largest absolute Gasteiger partial charge is 0.439 e. The van der Waals surface area contributed by atoms with Gasteiger partial charge in [0.05, 0.1) is 16.7 Å². The van der Waals surface area contributed by atoms with Crippen LogP contribution in [0.5, 0.6) is 11.6 Å². The summed E-state index contributed by atoms with van der Waals surface area (Å²) in [5.74, 6) is 0.987. The molecule has 2 rings (SSSR count). The van der Waals surface area contributed by atoms with Crippen LogP contribution in [0.2, 0.25) is 10.0 Å². The molecular formula is C14H13Cl2NO2. The summed E-state index contributed by atoms with van der Waals surface area (Å²) in [6.45, 7) is 1.94. The van der Waals surface area contributed by atoms with E-state index in [0.29, 0.717) is 21.7 Å². The van der Waals surface area contributed by atoms with Crippen LogP contribution in [-0.2, 0) is 13.0 Å². The quantitative estimate of drug-likeness (QED) is 0.918. The Morgan fingerprint density at radius 1 is 1.16 bits per heavy atom. The zero-order valence-electron chi connectivity index (χ0n) is 10.4. The second kappa shape index (κ2) is 6.24. The van der Waals surface area contributed by atoms with E-state index in [2.05, 4.69) is 4.98 Å². The summed E-state index contributed by atoms with van der Waals surface area (Å²) in [6.07, 6.45) is 0.769. The third-order valence-electron chi connectivity index (χ3n) is 2.57. The molecule has 3 nitrogen and oxygen atoms in total. The van der Waals surface area contributed by atoms with Crippen molar-refractivity contribution in [2.24, 2.45) is 0 Å². The van der Waals surface area contributed by atoms with Gasteiger partial charge in [-0.25, -0.2) is 4.98 Å². The molecule has 1 N–H and O–H groups in total. The highest BCUT2D eigenvalue weighted by Gasteiger charge is 2.06. The van der Waals surface area contributed by atoms with Gasteiger partial charge in [0.1, 0.15) is 5.75 Å². The molecule has 5 heteroatoms. The Bertz CT molecular complexity index is 565. The molecule has 0 atom stereocenters. The van der Waals surface area contributed by atoms with Crippen LogP contribution in [-0.4, -0.2) is 10.1 Å². The molecule has 2 aromatic rings. The topological polar surface area (TPSA) is 42.4 Å². The van der Waals surface area contributed by atoms with Crippen LogP contribution in [0.1, 0.15) is 18.2 Å². The lowest BCUT2D eigenvalue weighted by molar-refractivity contribution is 0.281. The Hall–Kier alpha value is -1.29. The number of ether oxygens (including phenoxy) is 1. The van der Waals surface area contributed by atoms with Crippen molar-refractivity contribution in [3.05, 3.63) is 51.6 Å². The van der Waals surface area contributed by atoms with E-state index in [9.17, 15) is 5.11 Å². The Balaban J connectivity index is 2.29. The van der Waals surface area contributed by atoms with Crippen molar-refractivity contribution in [3.63, 3.8) is 0 Å². The van der Waals surface area contributed by atoms with Gasteiger partial charge in [-0.1, -0.05) is 30.1 Å². The lowest BCUT2D eigenvalue weighted by Crippen LogP contribution is -1.96. The molecule has 0 fully saturated rings. The summed E-state index contributed by atoms with van der Waals surface area (Å²) < 4.78 is 5.63. The molecule has 0 bridgehead atoms. The maximum absolute atomic E-state index is 9.21. The molecule has 0 radical (unpaired) electrons. The van der Waals surface area contributed by atoms with E-state index < -0.39 is 0 Å². The molecule has 0 unspecified atom stereocenters. The lowest BCUT2D eigenvalue weighted by atomic mass is 10.2. The summed E-state index contributed by atoms with van der Waals surface area (Å²) >= 11 is 11.8. The first-order valence-corrected chi connectivity index (χ1v) is 6.61. The maximum atomic E-state index is 9.21. The van der Waals surface area contributed by atoms with Crippen molar-refractivity contribution in [3.8, 4) is 11.6 Å². The molecule has 1 aromatic carbocycles. The zero-order chi connectivity index (χ0) is 13.8. The number of nitrogens with zero attached hydrogens (tertiary/aromatic N) is 1. The minimum absolute atomic E-state index is 0.0484. The van der Waals surface area contributed by atoms with Crippen LogP contribution in [0.4, 0.5) is 0 Å². The van der Waals surface area contributed by atoms with Crippen molar-refractivity contribution in [1.82, 2.24) is 4.98 Å². The molecule has 0 amide bonds. The molecule has 100 valence electrons. The van der Waals surface area contributed by atoms with Gasteiger partial charge < -0.3 is 9.84 Å². The number of aliphatic hydroxyl groups is 1. The molecule has 0 saturated heterocycles.